The molecule has 1 atom stereocenters. The standard InChI is InChI=1S/C12H19S.Sn.H/c1-3-5-7-11(4-2)10-12-8-6-9-13-12;;/h6,8,11H,3-5,7,10H2,1-2H3;;. The molecule has 2 heteroatoms. The first-order valence-corrected chi connectivity index (χ1v) is 8.06. The minimum absolute atomic E-state index is 0.925. The second-order valence-corrected chi connectivity index (χ2v) is 8.09. The molecule has 0 aromatic carbocycles. The number of hydrogen-bond acceptors (Lipinski definition) is 1. The fourth-order valence-electron chi connectivity index (χ4n) is 1.73. The number of rotatable bonds is 6. The molecule has 0 nitrogen and oxygen atoms in total. The predicted octanol–water partition coefficient (Wildman–Crippen LogP) is 3.03. The van der Waals surface area contributed by atoms with Gasteiger partial charge >= 0.3 is 106 Å². The molecule has 2 radical (unpaired) electrons. The van der Waals surface area contributed by atoms with Gasteiger partial charge in [-0.1, -0.05) is 0 Å². The summed E-state index contributed by atoms with van der Waals surface area (Å²) in [6.07, 6.45) is 6.82. The summed E-state index contributed by atoms with van der Waals surface area (Å²) in [5, 5.41) is 0. The van der Waals surface area contributed by atoms with Crippen molar-refractivity contribution in [3.05, 3.63) is 17.0 Å². The first-order valence-electron chi connectivity index (χ1n) is 5.60. The Morgan fingerprint density at radius 2 is 2.14 bits per heavy atom. The van der Waals surface area contributed by atoms with Gasteiger partial charge in [0.2, 0.25) is 0 Å². The summed E-state index contributed by atoms with van der Waals surface area (Å²) in [4.78, 5) is 1.61. The maximum atomic E-state index is 2.33. The van der Waals surface area contributed by atoms with Crippen LogP contribution in [0.25, 0.3) is 0 Å². The molecule has 78 valence electrons. The van der Waals surface area contributed by atoms with Crippen molar-refractivity contribution in [1.82, 2.24) is 0 Å². The van der Waals surface area contributed by atoms with Gasteiger partial charge in [-0.3, -0.25) is 0 Å². The molecule has 0 fully saturated rings. The molecule has 1 unspecified atom stereocenters. The second kappa shape index (κ2) is 6.89. The van der Waals surface area contributed by atoms with Crippen molar-refractivity contribution in [2.24, 2.45) is 5.92 Å². The Labute approximate surface area is 105 Å². The van der Waals surface area contributed by atoms with Crippen molar-refractivity contribution in [1.29, 1.82) is 0 Å². The molecule has 1 rings (SSSR count). The third-order valence-electron chi connectivity index (χ3n) is 2.72. The van der Waals surface area contributed by atoms with E-state index in [4.69, 9.17) is 0 Å². The molecule has 0 aliphatic rings. The van der Waals surface area contributed by atoms with Crippen molar-refractivity contribution >= 4 is 36.8 Å². The summed E-state index contributed by atoms with van der Waals surface area (Å²) in [5.41, 5.74) is 0. The average molecular weight is 315 g/mol. The van der Waals surface area contributed by atoms with Crippen molar-refractivity contribution < 1.29 is 0 Å². The summed E-state index contributed by atoms with van der Waals surface area (Å²) in [5.74, 6) is 0.925. The average Bonchev–Trinajstić information content (AvgIpc) is 2.58. The van der Waals surface area contributed by atoms with Gasteiger partial charge < -0.3 is 0 Å². The van der Waals surface area contributed by atoms with Crippen molar-refractivity contribution in [3.63, 3.8) is 0 Å². The molecule has 1 aromatic heterocycles. The zero-order valence-electron chi connectivity index (χ0n) is 9.25. The monoisotopic (exact) mass is 316 g/mol. The van der Waals surface area contributed by atoms with Crippen LogP contribution < -0.4 is 2.89 Å². The zero-order valence-corrected chi connectivity index (χ0v) is 13.4. The summed E-state index contributed by atoms with van der Waals surface area (Å²) in [6.45, 7) is 4.61. The Hall–Kier alpha value is 0.499. The zero-order chi connectivity index (χ0) is 10.4. The van der Waals surface area contributed by atoms with Crippen LogP contribution in [0, 0.1) is 5.92 Å². The molecule has 0 amide bonds. The van der Waals surface area contributed by atoms with Crippen LogP contribution in [0.3, 0.4) is 0 Å². The second-order valence-electron chi connectivity index (χ2n) is 3.92. The Kier molecular flexibility index (Phi) is 6.18. The van der Waals surface area contributed by atoms with Crippen LogP contribution in [0.15, 0.2) is 12.1 Å². The van der Waals surface area contributed by atoms with Gasteiger partial charge in [0.15, 0.2) is 0 Å². The van der Waals surface area contributed by atoms with Crippen LogP contribution in [-0.2, 0) is 6.42 Å². The van der Waals surface area contributed by atoms with E-state index < -0.39 is 0 Å². The molecule has 1 heterocycles. The molecular weight excluding hydrogens is 295 g/mol. The molecule has 0 saturated heterocycles. The van der Waals surface area contributed by atoms with E-state index in [0.29, 0.717) is 0 Å². The van der Waals surface area contributed by atoms with Crippen LogP contribution in [0.4, 0.5) is 0 Å². The molecule has 0 aliphatic carbocycles. The molecule has 14 heavy (non-hydrogen) atoms. The summed E-state index contributed by atoms with van der Waals surface area (Å²) >= 11 is 3.30. The van der Waals surface area contributed by atoms with Crippen LogP contribution >= 0.6 is 11.3 Å². The van der Waals surface area contributed by atoms with Gasteiger partial charge in [0.05, 0.1) is 0 Å². The number of unbranched alkanes of at least 4 members (excludes halogenated alkanes) is 1. The molecule has 0 spiro atoms. The minimum atomic E-state index is 0.925. The fraction of sp³-hybridized carbons (Fsp3) is 0.667. The Balaban J connectivity index is 2.40. The Morgan fingerprint density at radius 1 is 1.36 bits per heavy atom. The van der Waals surface area contributed by atoms with Crippen molar-refractivity contribution in [2.45, 2.75) is 46.0 Å². The predicted molar refractivity (Wildman–Crippen MR) is 68.1 cm³/mol. The molecule has 1 aromatic rings. The first-order chi connectivity index (χ1) is 6.76. The third-order valence-corrected chi connectivity index (χ3v) is 5.21. The van der Waals surface area contributed by atoms with Gasteiger partial charge in [-0.05, 0) is 0 Å². The summed E-state index contributed by atoms with van der Waals surface area (Å²) < 4.78 is 1.58. The molecule has 0 aliphatic heterocycles. The van der Waals surface area contributed by atoms with Crippen molar-refractivity contribution in [2.75, 3.05) is 0 Å². The van der Waals surface area contributed by atoms with Gasteiger partial charge in [0.1, 0.15) is 0 Å². The van der Waals surface area contributed by atoms with Gasteiger partial charge in [-0.25, -0.2) is 0 Å². The van der Waals surface area contributed by atoms with E-state index in [-0.39, 0.29) is 0 Å². The summed E-state index contributed by atoms with van der Waals surface area (Å²) in [7, 11) is 0. The van der Waals surface area contributed by atoms with E-state index >= 15 is 0 Å². The van der Waals surface area contributed by atoms with Gasteiger partial charge in [-0.2, -0.15) is 0 Å². The SMILES string of the molecule is CCCCC(CC)Cc1cc[c]([SnH])s1. The van der Waals surface area contributed by atoms with Crippen LogP contribution in [0.1, 0.15) is 44.4 Å². The molecular formula is C12H20SSn. The van der Waals surface area contributed by atoms with E-state index in [2.05, 4.69) is 26.0 Å². The van der Waals surface area contributed by atoms with Gasteiger partial charge in [0.25, 0.3) is 0 Å². The third kappa shape index (κ3) is 4.35. The molecule has 0 N–H and O–H groups in total. The summed E-state index contributed by atoms with van der Waals surface area (Å²) in [6, 6.07) is 4.63. The topological polar surface area (TPSA) is 0 Å². The van der Waals surface area contributed by atoms with Gasteiger partial charge in [0, 0.05) is 0 Å². The van der Waals surface area contributed by atoms with Crippen LogP contribution in [0.5, 0.6) is 0 Å². The molecule has 0 saturated carbocycles. The maximum absolute atomic E-state index is 2.33. The Bertz CT molecular complexity index is 255. The van der Waals surface area contributed by atoms with Gasteiger partial charge in [-0.15, -0.1) is 0 Å². The van der Waals surface area contributed by atoms with Crippen LogP contribution in [0.2, 0.25) is 0 Å². The quantitative estimate of drug-likeness (QED) is 0.708. The Morgan fingerprint density at radius 3 is 2.64 bits per heavy atom. The molecule has 0 bridgehead atoms. The van der Waals surface area contributed by atoms with E-state index in [9.17, 15) is 0 Å². The first kappa shape index (κ1) is 12.6. The number of thiophene rings is 1. The van der Waals surface area contributed by atoms with E-state index in [1.807, 2.05) is 11.3 Å². The van der Waals surface area contributed by atoms with E-state index in [0.717, 1.165) is 5.92 Å². The normalized spacial score (nSPS) is 13.1. The fourth-order valence-corrected chi connectivity index (χ4v) is 4.20. The van der Waals surface area contributed by atoms with E-state index in [1.165, 1.54) is 54.6 Å². The van der Waals surface area contributed by atoms with Crippen molar-refractivity contribution in [3.8, 4) is 0 Å². The number of hydrogen-bond donors (Lipinski definition) is 0. The van der Waals surface area contributed by atoms with E-state index in [1.54, 1.807) is 7.77 Å². The van der Waals surface area contributed by atoms with Crippen LogP contribution in [-0.4, -0.2) is 22.5 Å².